The third kappa shape index (κ3) is 3.19. The summed E-state index contributed by atoms with van der Waals surface area (Å²) in [7, 11) is 1.83. The van der Waals surface area contributed by atoms with Crippen LogP contribution in [0.5, 0.6) is 5.75 Å². The molecule has 2 rings (SSSR count). The van der Waals surface area contributed by atoms with E-state index in [0.29, 0.717) is 6.54 Å². The number of amides is 2. The lowest BCUT2D eigenvalue weighted by atomic mass is 10.1. The Morgan fingerprint density at radius 1 is 1.53 bits per heavy atom. The van der Waals surface area contributed by atoms with Crippen molar-refractivity contribution in [2.75, 3.05) is 13.6 Å². The Bertz CT molecular complexity index is 423. The van der Waals surface area contributed by atoms with Crippen LogP contribution >= 0.6 is 0 Å². The minimum Gasteiger partial charge on any atom is -0.488 e. The number of urea groups is 1. The van der Waals surface area contributed by atoms with Crippen LogP contribution in [0.4, 0.5) is 4.79 Å². The molecule has 0 aromatic heterocycles. The Morgan fingerprint density at radius 3 is 2.95 bits per heavy atom. The van der Waals surface area contributed by atoms with Crippen LogP contribution < -0.4 is 10.1 Å². The molecule has 1 aromatic carbocycles. The molecule has 0 saturated carbocycles. The van der Waals surface area contributed by atoms with Crippen molar-refractivity contribution in [2.45, 2.75) is 38.8 Å². The largest absolute Gasteiger partial charge is 0.488 e. The summed E-state index contributed by atoms with van der Waals surface area (Å²) >= 11 is 0. The number of benzene rings is 1. The Morgan fingerprint density at radius 2 is 2.26 bits per heavy atom. The van der Waals surface area contributed by atoms with E-state index in [1.807, 2.05) is 32.2 Å². The van der Waals surface area contributed by atoms with Crippen LogP contribution in [0.25, 0.3) is 0 Å². The highest BCUT2D eigenvalue weighted by Crippen LogP contribution is 2.27. The molecule has 1 aliphatic rings. The molecule has 0 spiro atoms. The van der Waals surface area contributed by atoms with E-state index < -0.39 is 0 Å². The fourth-order valence-corrected chi connectivity index (χ4v) is 2.17. The summed E-state index contributed by atoms with van der Waals surface area (Å²) in [6.07, 6.45) is 1.87. The minimum atomic E-state index is -0.0334. The first-order valence-corrected chi connectivity index (χ1v) is 6.87. The zero-order chi connectivity index (χ0) is 13.8. The highest BCUT2D eigenvalue weighted by molar-refractivity contribution is 5.74. The molecular weight excluding hydrogens is 240 g/mol. The average molecular weight is 262 g/mol. The summed E-state index contributed by atoms with van der Waals surface area (Å²) in [5.74, 6) is 0.942. The van der Waals surface area contributed by atoms with Gasteiger partial charge in [0.25, 0.3) is 0 Å². The maximum absolute atomic E-state index is 11.9. The maximum atomic E-state index is 11.9. The summed E-state index contributed by atoms with van der Waals surface area (Å²) < 4.78 is 5.79. The third-order valence-corrected chi connectivity index (χ3v) is 3.77. The van der Waals surface area contributed by atoms with Gasteiger partial charge in [-0.3, -0.25) is 0 Å². The van der Waals surface area contributed by atoms with Gasteiger partial charge in [0, 0.05) is 19.5 Å². The van der Waals surface area contributed by atoms with E-state index in [2.05, 4.69) is 18.3 Å². The van der Waals surface area contributed by atoms with Gasteiger partial charge in [-0.25, -0.2) is 4.79 Å². The maximum Gasteiger partial charge on any atom is 0.317 e. The normalized spacial score (nSPS) is 18.4. The number of carbonyl (C=O) groups is 1. The van der Waals surface area contributed by atoms with E-state index in [0.717, 1.165) is 18.6 Å². The molecule has 0 bridgehead atoms. The molecule has 2 atom stereocenters. The smallest absolute Gasteiger partial charge is 0.317 e. The first-order valence-electron chi connectivity index (χ1n) is 6.87. The van der Waals surface area contributed by atoms with E-state index in [-0.39, 0.29) is 18.2 Å². The molecule has 0 radical (unpaired) electrons. The molecule has 1 heterocycles. The van der Waals surface area contributed by atoms with E-state index in [4.69, 9.17) is 4.74 Å². The van der Waals surface area contributed by atoms with Gasteiger partial charge in [0.1, 0.15) is 11.9 Å². The standard InChI is InChI=1S/C15H22N2O2/c1-4-11(2)17(3)15(18)16-10-13-9-12-7-5-6-8-14(12)19-13/h5-8,11,13H,4,9-10H2,1-3H3,(H,16,18)/t11-,13-/m1/s1. The van der Waals surface area contributed by atoms with Crippen molar-refractivity contribution in [3.8, 4) is 5.75 Å². The van der Waals surface area contributed by atoms with Crippen molar-refractivity contribution in [1.29, 1.82) is 0 Å². The van der Waals surface area contributed by atoms with Crippen LogP contribution in [0.2, 0.25) is 0 Å². The van der Waals surface area contributed by atoms with E-state index in [1.54, 1.807) is 4.90 Å². The molecule has 4 heteroatoms. The fraction of sp³-hybridized carbons (Fsp3) is 0.533. The Hall–Kier alpha value is -1.71. The molecule has 104 valence electrons. The lowest BCUT2D eigenvalue weighted by Gasteiger charge is -2.24. The summed E-state index contributed by atoms with van der Waals surface area (Å²) in [5.41, 5.74) is 1.22. The number of ether oxygens (including phenoxy) is 1. The number of carbonyl (C=O) groups excluding carboxylic acids is 1. The molecule has 4 nitrogen and oxygen atoms in total. The van der Waals surface area contributed by atoms with Crippen LogP contribution in [-0.2, 0) is 6.42 Å². The van der Waals surface area contributed by atoms with Gasteiger partial charge in [0.05, 0.1) is 6.54 Å². The molecule has 1 aromatic rings. The number of fused-ring (bicyclic) bond motifs is 1. The van der Waals surface area contributed by atoms with Crippen LogP contribution in [0.15, 0.2) is 24.3 Å². The Balaban J connectivity index is 1.80. The molecule has 1 aliphatic heterocycles. The van der Waals surface area contributed by atoms with Gasteiger partial charge in [-0.05, 0) is 25.0 Å². The number of para-hydroxylation sites is 1. The topological polar surface area (TPSA) is 41.6 Å². The SMILES string of the molecule is CC[C@@H](C)N(C)C(=O)NC[C@H]1Cc2ccccc2O1. The Labute approximate surface area is 114 Å². The van der Waals surface area contributed by atoms with E-state index in [9.17, 15) is 4.79 Å². The minimum absolute atomic E-state index is 0.0334. The third-order valence-electron chi connectivity index (χ3n) is 3.77. The predicted molar refractivity (Wildman–Crippen MR) is 75.5 cm³/mol. The monoisotopic (exact) mass is 262 g/mol. The van der Waals surface area contributed by atoms with Gasteiger partial charge in [0.15, 0.2) is 0 Å². The quantitative estimate of drug-likeness (QED) is 0.905. The highest BCUT2D eigenvalue weighted by Gasteiger charge is 2.23. The van der Waals surface area contributed by atoms with Crippen LogP contribution in [0, 0.1) is 0 Å². The second-order valence-electron chi connectivity index (χ2n) is 5.11. The van der Waals surface area contributed by atoms with Gasteiger partial charge in [-0.1, -0.05) is 25.1 Å². The highest BCUT2D eigenvalue weighted by atomic mass is 16.5. The van der Waals surface area contributed by atoms with Crippen LogP contribution in [0.1, 0.15) is 25.8 Å². The number of hydrogen-bond acceptors (Lipinski definition) is 2. The van der Waals surface area contributed by atoms with Gasteiger partial charge >= 0.3 is 6.03 Å². The summed E-state index contributed by atoms with van der Waals surface area (Å²) in [6.45, 7) is 4.67. The number of nitrogens with one attached hydrogen (secondary N) is 1. The fourth-order valence-electron chi connectivity index (χ4n) is 2.17. The molecule has 0 unspecified atom stereocenters. The van der Waals surface area contributed by atoms with E-state index >= 15 is 0 Å². The van der Waals surface area contributed by atoms with Crippen LogP contribution in [0.3, 0.4) is 0 Å². The first kappa shape index (κ1) is 13.7. The summed E-state index contributed by atoms with van der Waals surface area (Å²) in [4.78, 5) is 13.7. The average Bonchev–Trinajstić information content (AvgIpc) is 2.85. The second kappa shape index (κ2) is 5.95. The van der Waals surface area contributed by atoms with Crippen molar-refractivity contribution in [3.63, 3.8) is 0 Å². The van der Waals surface area contributed by atoms with Crippen molar-refractivity contribution in [3.05, 3.63) is 29.8 Å². The van der Waals surface area contributed by atoms with Crippen molar-refractivity contribution < 1.29 is 9.53 Å². The van der Waals surface area contributed by atoms with Gasteiger partial charge in [0.2, 0.25) is 0 Å². The lowest BCUT2D eigenvalue weighted by molar-refractivity contribution is 0.180. The van der Waals surface area contributed by atoms with Crippen molar-refractivity contribution >= 4 is 6.03 Å². The molecule has 19 heavy (non-hydrogen) atoms. The van der Waals surface area contributed by atoms with Crippen LogP contribution in [-0.4, -0.2) is 36.7 Å². The lowest BCUT2D eigenvalue weighted by Crippen LogP contribution is -2.45. The molecule has 1 N–H and O–H groups in total. The van der Waals surface area contributed by atoms with E-state index in [1.165, 1.54) is 5.56 Å². The Kier molecular flexibility index (Phi) is 4.30. The van der Waals surface area contributed by atoms with Gasteiger partial charge < -0.3 is 15.0 Å². The molecule has 0 fully saturated rings. The molecule has 2 amide bonds. The van der Waals surface area contributed by atoms with Gasteiger partial charge in [-0.2, -0.15) is 0 Å². The molecule has 0 aliphatic carbocycles. The summed E-state index contributed by atoms with van der Waals surface area (Å²) in [6, 6.07) is 8.25. The van der Waals surface area contributed by atoms with Crippen molar-refractivity contribution in [1.82, 2.24) is 10.2 Å². The van der Waals surface area contributed by atoms with Crippen molar-refractivity contribution in [2.24, 2.45) is 0 Å². The zero-order valence-corrected chi connectivity index (χ0v) is 11.8. The molecular formula is C15H22N2O2. The zero-order valence-electron chi connectivity index (χ0n) is 11.8. The first-order chi connectivity index (χ1) is 9.11. The number of rotatable bonds is 4. The summed E-state index contributed by atoms with van der Waals surface area (Å²) in [5, 5.41) is 2.94. The second-order valence-corrected chi connectivity index (χ2v) is 5.11. The van der Waals surface area contributed by atoms with Gasteiger partial charge in [-0.15, -0.1) is 0 Å². The molecule has 0 saturated heterocycles. The number of hydrogen-bond donors (Lipinski definition) is 1. The predicted octanol–water partition coefficient (Wildman–Crippen LogP) is 2.43. The number of nitrogens with zero attached hydrogens (tertiary/aromatic N) is 1.